The van der Waals surface area contributed by atoms with Gasteiger partial charge < -0.3 is 5.11 Å². The third-order valence-corrected chi connectivity index (χ3v) is 3.21. The molecule has 0 unspecified atom stereocenters. The summed E-state index contributed by atoms with van der Waals surface area (Å²) in [6.07, 6.45) is -1.24. The fraction of sp³-hybridized carbons (Fsp3) is 0.375. The minimum Gasteiger partial charge on any atom is -0.390 e. The van der Waals surface area contributed by atoms with Crippen molar-refractivity contribution in [1.29, 1.82) is 0 Å². The smallest absolute Gasteiger partial charge is 0.265 e. The molecule has 0 fully saturated rings. The van der Waals surface area contributed by atoms with Crippen molar-refractivity contribution in [2.24, 2.45) is 0 Å². The van der Waals surface area contributed by atoms with Crippen molar-refractivity contribution in [3.63, 3.8) is 0 Å². The molecule has 0 atom stereocenters. The summed E-state index contributed by atoms with van der Waals surface area (Å²) in [5.41, 5.74) is 0.537. The molecule has 1 heterocycles. The van der Waals surface area contributed by atoms with Gasteiger partial charge in [-0.25, -0.2) is 8.78 Å². The fourth-order valence-corrected chi connectivity index (χ4v) is 2.13. The lowest BCUT2D eigenvalue weighted by Gasteiger charge is -2.10. The molecule has 1 N–H and O–H groups in total. The molecule has 0 saturated carbocycles. The highest BCUT2D eigenvalue weighted by atomic mass is 79.9. The Kier molecular flexibility index (Phi) is 4.40. The van der Waals surface area contributed by atoms with Crippen LogP contribution in [-0.4, -0.2) is 10.1 Å². The van der Waals surface area contributed by atoms with Gasteiger partial charge in [-0.3, -0.25) is 4.98 Å². The summed E-state index contributed by atoms with van der Waals surface area (Å²) >= 11 is 6.11. The number of aliphatic hydroxyl groups excluding tert-OH is 1. The molecule has 78 valence electrons. The molecule has 2 nitrogen and oxygen atoms in total. The third kappa shape index (κ3) is 2.29. The van der Waals surface area contributed by atoms with E-state index in [1.165, 1.54) is 6.20 Å². The zero-order chi connectivity index (χ0) is 10.7. The Bertz CT molecular complexity index is 333. The number of pyridine rings is 1. The third-order valence-electron chi connectivity index (χ3n) is 1.72. The Balaban J connectivity index is 3.31. The predicted octanol–water partition coefficient (Wildman–Crippen LogP) is 3.17. The molecular formula is C8H7Br2F2NO. The van der Waals surface area contributed by atoms with Gasteiger partial charge in [0.2, 0.25) is 0 Å². The van der Waals surface area contributed by atoms with E-state index in [1.807, 2.05) is 0 Å². The van der Waals surface area contributed by atoms with Gasteiger partial charge >= 0.3 is 0 Å². The first-order valence-corrected chi connectivity index (χ1v) is 5.64. The Morgan fingerprint density at radius 3 is 2.57 bits per heavy atom. The maximum atomic E-state index is 12.6. The molecule has 0 aliphatic rings. The molecule has 0 aromatic carbocycles. The number of halogens is 4. The Morgan fingerprint density at radius 2 is 2.14 bits per heavy atom. The van der Waals surface area contributed by atoms with Crippen molar-refractivity contribution < 1.29 is 13.9 Å². The van der Waals surface area contributed by atoms with E-state index < -0.39 is 6.43 Å². The van der Waals surface area contributed by atoms with Crippen LogP contribution in [0.4, 0.5) is 8.78 Å². The van der Waals surface area contributed by atoms with E-state index in [-0.39, 0.29) is 22.3 Å². The van der Waals surface area contributed by atoms with Crippen LogP contribution >= 0.6 is 31.9 Å². The average Bonchev–Trinajstić information content (AvgIpc) is 2.16. The van der Waals surface area contributed by atoms with Crippen molar-refractivity contribution in [2.75, 3.05) is 0 Å². The summed E-state index contributed by atoms with van der Waals surface area (Å²) < 4.78 is 25.4. The number of alkyl halides is 3. The number of hydrogen-bond donors (Lipinski definition) is 1. The number of hydrogen-bond acceptors (Lipinski definition) is 2. The van der Waals surface area contributed by atoms with Crippen molar-refractivity contribution in [1.82, 2.24) is 4.98 Å². The summed E-state index contributed by atoms with van der Waals surface area (Å²) in [5, 5.41) is 9.15. The minimum absolute atomic E-state index is 0.110. The van der Waals surface area contributed by atoms with Gasteiger partial charge in [0.1, 0.15) is 0 Å². The van der Waals surface area contributed by atoms with Crippen LogP contribution in [0.15, 0.2) is 10.7 Å². The normalized spacial score (nSPS) is 11.0. The zero-order valence-electron chi connectivity index (χ0n) is 6.98. The summed E-state index contributed by atoms with van der Waals surface area (Å²) in [6, 6.07) is 0. The van der Waals surface area contributed by atoms with Crippen molar-refractivity contribution >= 4 is 31.9 Å². The zero-order valence-corrected chi connectivity index (χ0v) is 10.1. The van der Waals surface area contributed by atoms with Crippen LogP contribution in [0.25, 0.3) is 0 Å². The highest BCUT2D eigenvalue weighted by Crippen LogP contribution is 2.33. The standard InChI is InChI=1S/C8H7Br2F2NO/c9-1-4-2-13-5(3-14)7(10)6(4)8(11)12/h2,8,14H,1,3H2. The van der Waals surface area contributed by atoms with Crippen LogP contribution in [0.5, 0.6) is 0 Å². The Morgan fingerprint density at radius 1 is 1.50 bits per heavy atom. The molecule has 0 spiro atoms. The largest absolute Gasteiger partial charge is 0.390 e. The SMILES string of the molecule is OCc1ncc(CBr)c(C(F)F)c1Br. The lowest BCUT2D eigenvalue weighted by Crippen LogP contribution is -2.01. The molecule has 1 rings (SSSR count). The molecule has 0 amide bonds. The van der Waals surface area contributed by atoms with Crippen LogP contribution in [0.1, 0.15) is 23.2 Å². The van der Waals surface area contributed by atoms with Crippen molar-refractivity contribution in [2.45, 2.75) is 18.4 Å². The first kappa shape index (κ1) is 12.0. The van der Waals surface area contributed by atoms with Gasteiger partial charge in [-0.05, 0) is 21.5 Å². The molecule has 0 aliphatic carbocycles. The highest BCUT2D eigenvalue weighted by Gasteiger charge is 2.19. The summed E-state index contributed by atoms with van der Waals surface area (Å²) in [7, 11) is 0. The summed E-state index contributed by atoms with van der Waals surface area (Å²) in [4.78, 5) is 3.85. The minimum atomic E-state index is -2.58. The van der Waals surface area contributed by atoms with Crippen LogP contribution in [-0.2, 0) is 11.9 Å². The van der Waals surface area contributed by atoms with Gasteiger partial charge in [0, 0.05) is 17.1 Å². The molecule has 6 heteroatoms. The van der Waals surface area contributed by atoms with E-state index in [1.54, 1.807) is 0 Å². The van der Waals surface area contributed by atoms with Crippen LogP contribution in [0, 0.1) is 0 Å². The van der Waals surface area contributed by atoms with Crippen LogP contribution in [0.3, 0.4) is 0 Å². The number of rotatable bonds is 3. The van der Waals surface area contributed by atoms with E-state index >= 15 is 0 Å². The lowest BCUT2D eigenvalue weighted by atomic mass is 10.1. The van der Waals surface area contributed by atoms with E-state index in [2.05, 4.69) is 36.8 Å². The van der Waals surface area contributed by atoms with Gasteiger partial charge in [0.15, 0.2) is 0 Å². The maximum Gasteiger partial charge on any atom is 0.265 e. The summed E-state index contributed by atoms with van der Waals surface area (Å²) in [6.45, 7) is -0.358. The van der Waals surface area contributed by atoms with Gasteiger partial charge in [-0.15, -0.1) is 0 Å². The molecule has 0 aliphatic heterocycles. The van der Waals surface area contributed by atoms with Crippen LogP contribution < -0.4 is 0 Å². The molecule has 0 bridgehead atoms. The van der Waals surface area contributed by atoms with Crippen molar-refractivity contribution in [3.05, 3.63) is 27.5 Å². The van der Waals surface area contributed by atoms with Gasteiger partial charge in [-0.2, -0.15) is 0 Å². The highest BCUT2D eigenvalue weighted by molar-refractivity contribution is 9.10. The molecular weight excluding hydrogens is 324 g/mol. The van der Waals surface area contributed by atoms with Gasteiger partial charge in [0.25, 0.3) is 6.43 Å². The topological polar surface area (TPSA) is 33.1 Å². The second-order valence-corrected chi connectivity index (χ2v) is 3.90. The molecule has 1 aromatic heterocycles. The second kappa shape index (κ2) is 5.14. The first-order valence-electron chi connectivity index (χ1n) is 3.73. The molecule has 14 heavy (non-hydrogen) atoms. The van der Waals surface area contributed by atoms with Gasteiger partial charge in [0.05, 0.1) is 16.8 Å². The summed E-state index contributed by atoms with van der Waals surface area (Å²) in [5.74, 6) is 0. The Hall–Kier alpha value is -0.0700. The fourth-order valence-electron chi connectivity index (χ4n) is 1.03. The average molecular weight is 331 g/mol. The second-order valence-electron chi connectivity index (χ2n) is 2.55. The molecule has 1 aromatic rings. The molecule has 0 saturated heterocycles. The van der Waals surface area contributed by atoms with Crippen LogP contribution in [0.2, 0.25) is 0 Å². The van der Waals surface area contributed by atoms with Crippen molar-refractivity contribution in [3.8, 4) is 0 Å². The number of aliphatic hydroxyl groups is 1. The van der Waals surface area contributed by atoms with E-state index in [0.29, 0.717) is 10.9 Å². The van der Waals surface area contributed by atoms with E-state index in [9.17, 15) is 8.78 Å². The monoisotopic (exact) mass is 329 g/mol. The van der Waals surface area contributed by atoms with E-state index in [0.717, 1.165) is 0 Å². The number of nitrogens with zero attached hydrogens (tertiary/aromatic N) is 1. The molecule has 0 radical (unpaired) electrons. The number of aromatic nitrogens is 1. The van der Waals surface area contributed by atoms with E-state index in [4.69, 9.17) is 5.11 Å². The Labute approximate surface area is 96.6 Å². The lowest BCUT2D eigenvalue weighted by molar-refractivity contribution is 0.149. The maximum absolute atomic E-state index is 12.6. The first-order chi connectivity index (χ1) is 6.61. The quantitative estimate of drug-likeness (QED) is 0.863. The predicted molar refractivity (Wildman–Crippen MR) is 55.4 cm³/mol. The van der Waals surface area contributed by atoms with Gasteiger partial charge in [-0.1, -0.05) is 15.9 Å².